The summed E-state index contributed by atoms with van der Waals surface area (Å²) in [5.41, 5.74) is 1.08. The van der Waals surface area contributed by atoms with Crippen LogP contribution in [0, 0.1) is 0 Å². The van der Waals surface area contributed by atoms with Crippen molar-refractivity contribution in [2.24, 2.45) is 0 Å². The van der Waals surface area contributed by atoms with Gasteiger partial charge in [0.05, 0.1) is 0 Å². The maximum absolute atomic E-state index is 6.19. The topological polar surface area (TPSA) is 37.8 Å². The van der Waals surface area contributed by atoms with E-state index in [4.69, 9.17) is 11.6 Å². The van der Waals surface area contributed by atoms with Gasteiger partial charge >= 0.3 is 0 Å². The van der Waals surface area contributed by atoms with Crippen LogP contribution in [0.3, 0.4) is 0 Å². The van der Waals surface area contributed by atoms with Gasteiger partial charge in [0.1, 0.15) is 17.3 Å². The van der Waals surface area contributed by atoms with Gasteiger partial charge in [-0.1, -0.05) is 57.0 Å². The van der Waals surface area contributed by atoms with Crippen LogP contribution in [0.1, 0.15) is 63.9 Å². The number of halogens is 1. The Labute approximate surface area is 121 Å². The van der Waals surface area contributed by atoms with Crippen molar-refractivity contribution < 1.29 is 0 Å². The molecule has 1 fully saturated rings. The predicted molar refractivity (Wildman–Crippen MR) is 80.8 cm³/mol. The minimum Gasteiger partial charge on any atom is -0.367 e. The van der Waals surface area contributed by atoms with Gasteiger partial charge in [-0.05, 0) is 19.3 Å². The third-order valence-corrected chi connectivity index (χ3v) is 4.16. The van der Waals surface area contributed by atoms with Crippen LogP contribution in [0.25, 0.3) is 0 Å². The van der Waals surface area contributed by atoms with Crippen molar-refractivity contribution in [1.29, 1.82) is 0 Å². The van der Waals surface area contributed by atoms with Gasteiger partial charge in [0.2, 0.25) is 0 Å². The van der Waals surface area contributed by atoms with Gasteiger partial charge in [-0.25, -0.2) is 9.97 Å². The SMILES string of the molecule is CCCc1c(Cl)ncnc1NC1CCCCCCC1. The van der Waals surface area contributed by atoms with E-state index in [0.29, 0.717) is 11.2 Å². The van der Waals surface area contributed by atoms with Gasteiger partial charge < -0.3 is 5.32 Å². The van der Waals surface area contributed by atoms with Crippen LogP contribution in [-0.2, 0) is 6.42 Å². The van der Waals surface area contributed by atoms with Gasteiger partial charge in [-0.2, -0.15) is 0 Å². The van der Waals surface area contributed by atoms with E-state index in [9.17, 15) is 0 Å². The average Bonchev–Trinajstić information content (AvgIpc) is 2.36. The van der Waals surface area contributed by atoms with Crippen molar-refractivity contribution in [2.75, 3.05) is 5.32 Å². The first-order chi connectivity index (χ1) is 9.31. The van der Waals surface area contributed by atoms with Crippen LogP contribution in [0.4, 0.5) is 5.82 Å². The summed E-state index contributed by atoms with van der Waals surface area (Å²) in [5.74, 6) is 0.951. The molecule has 0 aromatic carbocycles. The van der Waals surface area contributed by atoms with Gasteiger partial charge in [0.15, 0.2) is 0 Å². The van der Waals surface area contributed by atoms with Crippen molar-refractivity contribution in [3.8, 4) is 0 Å². The highest BCUT2D eigenvalue weighted by molar-refractivity contribution is 6.30. The highest BCUT2D eigenvalue weighted by Gasteiger charge is 2.15. The number of aromatic nitrogens is 2. The minimum atomic E-state index is 0.543. The maximum Gasteiger partial charge on any atom is 0.137 e. The Bertz CT molecular complexity index is 387. The number of nitrogens with one attached hydrogen (secondary N) is 1. The molecule has 0 aliphatic heterocycles. The fraction of sp³-hybridized carbons (Fsp3) is 0.733. The van der Waals surface area contributed by atoms with E-state index >= 15 is 0 Å². The van der Waals surface area contributed by atoms with E-state index in [0.717, 1.165) is 24.2 Å². The first kappa shape index (κ1) is 14.6. The Morgan fingerprint density at radius 1 is 1.16 bits per heavy atom. The van der Waals surface area contributed by atoms with Gasteiger partial charge in [-0.3, -0.25) is 0 Å². The molecule has 106 valence electrons. The maximum atomic E-state index is 6.19. The Kier molecular flexibility index (Phi) is 5.90. The van der Waals surface area contributed by atoms with Gasteiger partial charge in [-0.15, -0.1) is 0 Å². The van der Waals surface area contributed by atoms with Crippen LogP contribution in [0.2, 0.25) is 5.15 Å². The highest BCUT2D eigenvalue weighted by Crippen LogP contribution is 2.25. The molecule has 1 saturated carbocycles. The Hall–Kier alpha value is -0.830. The molecule has 0 spiro atoms. The number of hydrogen-bond donors (Lipinski definition) is 1. The summed E-state index contributed by atoms with van der Waals surface area (Å²) in [4.78, 5) is 8.50. The second-order valence-electron chi connectivity index (χ2n) is 5.43. The van der Waals surface area contributed by atoms with Crippen molar-refractivity contribution in [3.63, 3.8) is 0 Å². The van der Waals surface area contributed by atoms with Crippen molar-refractivity contribution in [3.05, 3.63) is 17.0 Å². The molecule has 0 saturated heterocycles. The molecule has 1 N–H and O–H groups in total. The smallest absolute Gasteiger partial charge is 0.137 e. The quantitative estimate of drug-likeness (QED) is 0.819. The zero-order valence-electron chi connectivity index (χ0n) is 11.8. The second kappa shape index (κ2) is 7.68. The molecule has 1 aliphatic rings. The molecule has 1 aliphatic carbocycles. The summed E-state index contributed by atoms with van der Waals surface area (Å²) in [5, 5.41) is 4.21. The molecule has 2 rings (SSSR count). The van der Waals surface area contributed by atoms with Crippen LogP contribution in [0.5, 0.6) is 0 Å². The average molecular weight is 282 g/mol. The molecule has 1 heterocycles. The van der Waals surface area contributed by atoms with Crippen molar-refractivity contribution >= 4 is 17.4 Å². The van der Waals surface area contributed by atoms with Gasteiger partial charge in [0.25, 0.3) is 0 Å². The number of hydrogen-bond acceptors (Lipinski definition) is 3. The monoisotopic (exact) mass is 281 g/mol. The summed E-state index contributed by atoms with van der Waals surface area (Å²) in [6, 6.07) is 0.543. The lowest BCUT2D eigenvalue weighted by atomic mass is 9.96. The van der Waals surface area contributed by atoms with E-state index in [1.807, 2.05) is 0 Å². The van der Waals surface area contributed by atoms with E-state index in [-0.39, 0.29) is 0 Å². The highest BCUT2D eigenvalue weighted by atomic mass is 35.5. The fourth-order valence-electron chi connectivity index (χ4n) is 2.78. The van der Waals surface area contributed by atoms with Crippen molar-refractivity contribution in [2.45, 2.75) is 70.8 Å². The van der Waals surface area contributed by atoms with Gasteiger partial charge in [0, 0.05) is 11.6 Å². The zero-order chi connectivity index (χ0) is 13.5. The van der Waals surface area contributed by atoms with Crippen molar-refractivity contribution in [1.82, 2.24) is 9.97 Å². The summed E-state index contributed by atoms with van der Waals surface area (Å²) >= 11 is 6.19. The summed E-state index contributed by atoms with van der Waals surface area (Å²) in [6.07, 6.45) is 12.8. The normalized spacial score (nSPS) is 17.8. The molecular formula is C15H24ClN3. The Morgan fingerprint density at radius 3 is 2.53 bits per heavy atom. The third kappa shape index (κ3) is 4.34. The molecule has 1 aromatic heterocycles. The lowest BCUT2D eigenvalue weighted by Crippen LogP contribution is -2.22. The van der Waals surface area contributed by atoms with Crippen LogP contribution >= 0.6 is 11.6 Å². The largest absolute Gasteiger partial charge is 0.367 e. The second-order valence-corrected chi connectivity index (χ2v) is 5.79. The zero-order valence-corrected chi connectivity index (χ0v) is 12.5. The number of nitrogens with zero attached hydrogens (tertiary/aromatic N) is 2. The van der Waals surface area contributed by atoms with E-state index < -0.39 is 0 Å². The molecule has 0 atom stereocenters. The molecule has 0 amide bonds. The molecule has 0 bridgehead atoms. The molecular weight excluding hydrogens is 258 g/mol. The van der Waals surface area contributed by atoms with Crippen LogP contribution in [-0.4, -0.2) is 16.0 Å². The molecule has 0 radical (unpaired) electrons. The van der Waals surface area contributed by atoms with Crippen LogP contribution < -0.4 is 5.32 Å². The number of rotatable bonds is 4. The molecule has 4 heteroatoms. The summed E-state index contributed by atoms with van der Waals surface area (Å²) in [7, 11) is 0. The first-order valence-electron chi connectivity index (χ1n) is 7.57. The third-order valence-electron chi connectivity index (χ3n) is 3.84. The first-order valence-corrected chi connectivity index (χ1v) is 7.95. The fourth-order valence-corrected chi connectivity index (χ4v) is 3.01. The lowest BCUT2D eigenvalue weighted by Gasteiger charge is -2.23. The lowest BCUT2D eigenvalue weighted by molar-refractivity contribution is 0.470. The van der Waals surface area contributed by atoms with Crippen LogP contribution in [0.15, 0.2) is 6.33 Å². The Morgan fingerprint density at radius 2 is 1.84 bits per heavy atom. The Balaban J connectivity index is 2.06. The predicted octanol–water partition coefficient (Wildman–Crippen LogP) is 4.61. The molecule has 19 heavy (non-hydrogen) atoms. The van der Waals surface area contributed by atoms with E-state index in [2.05, 4.69) is 22.2 Å². The minimum absolute atomic E-state index is 0.543. The molecule has 0 unspecified atom stereocenters. The molecule has 1 aromatic rings. The van der Waals surface area contributed by atoms with E-state index in [1.165, 1.54) is 44.9 Å². The summed E-state index contributed by atoms with van der Waals surface area (Å²) < 4.78 is 0. The van der Waals surface area contributed by atoms with E-state index in [1.54, 1.807) is 6.33 Å². The summed E-state index contributed by atoms with van der Waals surface area (Å²) in [6.45, 7) is 2.16. The molecule has 3 nitrogen and oxygen atoms in total. The standard InChI is InChI=1S/C15H24ClN3/c1-2-8-13-14(16)17-11-18-15(13)19-12-9-6-4-3-5-7-10-12/h11-12H,2-10H2,1H3,(H,17,18,19). The number of anilines is 1.